The standard InChI is InChI=1S/C15H24N4O2S2/c1-4-13(21)19(11-5-6-11)14-17-18-15(23-14)22-9-12(20)16-8-7-10(2)3/h10-11H,4-9H2,1-3H3,(H,16,20). The highest BCUT2D eigenvalue weighted by atomic mass is 32.2. The van der Waals surface area contributed by atoms with Gasteiger partial charge in [0, 0.05) is 19.0 Å². The Balaban J connectivity index is 1.82. The second-order valence-corrected chi connectivity index (χ2v) is 8.20. The molecule has 0 atom stereocenters. The maximum absolute atomic E-state index is 12.0. The monoisotopic (exact) mass is 356 g/mol. The molecule has 0 aliphatic heterocycles. The second kappa shape index (κ2) is 8.63. The Morgan fingerprint density at radius 3 is 2.74 bits per heavy atom. The first-order valence-electron chi connectivity index (χ1n) is 8.06. The summed E-state index contributed by atoms with van der Waals surface area (Å²) in [6.07, 6.45) is 3.52. The van der Waals surface area contributed by atoms with Crippen molar-refractivity contribution in [3.63, 3.8) is 0 Å². The third-order valence-corrected chi connectivity index (χ3v) is 5.51. The smallest absolute Gasteiger partial charge is 0.230 e. The summed E-state index contributed by atoms with van der Waals surface area (Å²) in [5, 5.41) is 11.8. The average Bonchev–Trinajstić information content (AvgIpc) is 3.23. The molecule has 0 saturated heterocycles. The molecule has 2 amide bonds. The van der Waals surface area contributed by atoms with Gasteiger partial charge in [0.1, 0.15) is 0 Å². The van der Waals surface area contributed by atoms with Crippen LogP contribution in [-0.2, 0) is 9.59 Å². The number of nitrogens with one attached hydrogen (secondary N) is 1. The number of amides is 2. The van der Waals surface area contributed by atoms with Gasteiger partial charge in [-0.05, 0) is 25.2 Å². The Labute approximate surface area is 145 Å². The van der Waals surface area contributed by atoms with Gasteiger partial charge >= 0.3 is 0 Å². The molecule has 1 N–H and O–H groups in total. The predicted molar refractivity (Wildman–Crippen MR) is 93.9 cm³/mol. The molecule has 0 bridgehead atoms. The largest absolute Gasteiger partial charge is 0.355 e. The van der Waals surface area contributed by atoms with E-state index in [4.69, 9.17) is 0 Å². The summed E-state index contributed by atoms with van der Waals surface area (Å²) in [5.74, 6) is 1.01. The van der Waals surface area contributed by atoms with Crippen LogP contribution in [0, 0.1) is 5.92 Å². The molecule has 1 saturated carbocycles. The van der Waals surface area contributed by atoms with Crippen LogP contribution in [0.3, 0.4) is 0 Å². The summed E-state index contributed by atoms with van der Waals surface area (Å²) in [5.41, 5.74) is 0. The van der Waals surface area contributed by atoms with Crippen LogP contribution in [0.5, 0.6) is 0 Å². The van der Waals surface area contributed by atoms with E-state index in [0.717, 1.165) is 23.6 Å². The minimum absolute atomic E-state index is 0.0103. The lowest BCUT2D eigenvalue weighted by atomic mass is 10.1. The van der Waals surface area contributed by atoms with Crippen LogP contribution in [0.25, 0.3) is 0 Å². The molecular weight excluding hydrogens is 332 g/mol. The summed E-state index contributed by atoms with van der Waals surface area (Å²) in [7, 11) is 0. The van der Waals surface area contributed by atoms with E-state index >= 15 is 0 Å². The van der Waals surface area contributed by atoms with Crippen LogP contribution in [-0.4, -0.2) is 40.4 Å². The molecule has 6 nitrogen and oxygen atoms in total. The maximum Gasteiger partial charge on any atom is 0.230 e. The van der Waals surface area contributed by atoms with Crippen LogP contribution < -0.4 is 10.2 Å². The Bertz CT molecular complexity index is 543. The zero-order valence-electron chi connectivity index (χ0n) is 13.9. The fourth-order valence-corrected chi connectivity index (χ4v) is 3.77. The van der Waals surface area contributed by atoms with Crippen molar-refractivity contribution in [1.29, 1.82) is 0 Å². The van der Waals surface area contributed by atoms with Crippen molar-refractivity contribution >= 4 is 40.0 Å². The van der Waals surface area contributed by atoms with E-state index in [-0.39, 0.29) is 17.9 Å². The van der Waals surface area contributed by atoms with Crippen molar-refractivity contribution in [2.75, 3.05) is 17.2 Å². The van der Waals surface area contributed by atoms with Gasteiger partial charge < -0.3 is 5.32 Å². The molecule has 8 heteroatoms. The van der Waals surface area contributed by atoms with Crippen LogP contribution in [0.2, 0.25) is 0 Å². The molecule has 0 unspecified atom stereocenters. The SMILES string of the molecule is CCC(=O)N(c1nnc(SCC(=O)NCCC(C)C)s1)C1CC1. The van der Waals surface area contributed by atoms with Gasteiger partial charge in [0.25, 0.3) is 0 Å². The van der Waals surface area contributed by atoms with Gasteiger partial charge in [-0.3, -0.25) is 14.5 Å². The Morgan fingerprint density at radius 2 is 2.13 bits per heavy atom. The highest BCUT2D eigenvalue weighted by Crippen LogP contribution is 2.36. The maximum atomic E-state index is 12.0. The molecule has 23 heavy (non-hydrogen) atoms. The van der Waals surface area contributed by atoms with Gasteiger partial charge in [-0.25, -0.2) is 0 Å². The third-order valence-electron chi connectivity index (χ3n) is 3.46. The minimum atomic E-state index is 0.0103. The number of thioether (sulfide) groups is 1. The van der Waals surface area contributed by atoms with Crippen molar-refractivity contribution < 1.29 is 9.59 Å². The Kier molecular flexibility index (Phi) is 6.83. The fraction of sp³-hybridized carbons (Fsp3) is 0.733. The van der Waals surface area contributed by atoms with Crippen molar-refractivity contribution in [2.45, 2.75) is 56.8 Å². The van der Waals surface area contributed by atoms with Crippen LogP contribution >= 0.6 is 23.1 Å². The number of carbonyl (C=O) groups is 2. The summed E-state index contributed by atoms with van der Waals surface area (Å²) in [4.78, 5) is 25.6. The Morgan fingerprint density at radius 1 is 1.39 bits per heavy atom. The number of hydrogen-bond donors (Lipinski definition) is 1. The summed E-state index contributed by atoms with van der Waals surface area (Å²) < 4.78 is 0.730. The van der Waals surface area contributed by atoms with Crippen molar-refractivity contribution in [3.05, 3.63) is 0 Å². The topological polar surface area (TPSA) is 75.2 Å². The highest BCUT2D eigenvalue weighted by molar-refractivity contribution is 8.01. The fourth-order valence-electron chi connectivity index (χ4n) is 2.01. The van der Waals surface area contributed by atoms with E-state index in [9.17, 15) is 9.59 Å². The highest BCUT2D eigenvalue weighted by Gasteiger charge is 2.35. The summed E-state index contributed by atoms with van der Waals surface area (Å²) in [6.45, 7) is 6.83. The van der Waals surface area contributed by atoms with Gasteiger partial charge in [-0.2, -0.15) is 0 Å². The van der Waals surface area contributed by atoms with Crippen LogP contribution in [0.1, 0.15) is 46.5 Å². The molecule has 1 aliphatic rings. The molecule has 1 aromatic heterocycles. The molecule has 1 aliphatic carbocycles. The van der Waals surface area contributed by atoms with E-state index in [1.807, 2.05) is 6.92 Å². The van der Waals surface area contributed by atoms with Gasteiger partial charge in [-0.1, -0.05) is 43.9 Å². The molecule has 0 aromatic carbocycles. The first-order valence-corrected chi connectivity index (χ1v) is 9.86. The van der Waals surface area contributed by atoms with Crippen molar-refractivity contribution in [3.8, 4) is 0 Å². The third kappa shape index (κ3) is 5.76. The van der Waals surface area contributed by atoms with E-state index < -0.39 is 0 Å². The van der Waals surface area contributed by atoms with Crippen molar-refractivity contribution in [1.82, 2.24) is 15.5 Å². The predicted octanol–water partition coefficient (Wildman–Crippen LogP) is 2.70. The lowest BCUT2D eigenvalue weighted by molar-refractivity contribution is -0.119. The zero-order chi connectivity index (χ0) is 16.8. The normalized spacial score (nSPS) is 14.1. The minimum Gasteiger partial charge on any atom is -0.355 e. The number of rotatable bonds is 9. The zero-order valence-corrected chi connectivity index (χ0v) is 15.5. The number of anilines is 1. The Hall–Kier alpha value is -1.15. The van der Waals surface area contributed by atoms with Crippen LogP contribution in [0.15, 0.2) is 4.34 Å². The molecule has 2 rings (SSSR count). The molecule has 1 fully saturated rings. The van der Waals surface area contributed by atoms with Gasteiger partial charge in [0.05, 0.1) is 5.75 Å². The summed E-state index contributed by atoms with van der Waals surface area (Å²) in [6, 6.07) is 0.285. The quantitative estimate of drug-likeness (QED) is 0.544. The molecule has 0 radical (unpaired) electrons. The number of nitrogens with zero attached hydrogens (tertiary/aromatic N) is 3. The van der Waals surface area contributed by atoms with E-state index in [1.165, 1.54) is 23.1 Å². The van der Waals surface area contributed by atoms with Crippen LogP contribution in [0.4, 0.5) is 5.13 Å². The van der Waals surface area contributed by atoms with Gasteiger partial charge in [0.2, 0.25) is 16.9 Å². The van der Waals surface area contributed by atoms with Gasteiger partial charge in [0.15, 0.2) is 4.34 Å². The number of hydrogen-bond acceptors (Lipinski definition) is 6. The number of aromatic nitrogens is 2. The first-order chi connectivity index (χ1) is 11.0. The van der Waals surface area contributed by atoms with Gasteiger partial charge in [-0.15, -0.1) is 10.2 Å². The molecule has 128 valence electrons. The lowest BCUT2D eigenvalue weighted by Gasteiger charge is -2.17. The van der Waals surface area contributed by atoms with E-state index in [0.29, 0.717) is 29.8 Å². The van der Waals surface area contributed by atoms with E-state index in [2.05, 4.69) is 29.4 Å². The second-order valence-electron chi connectivity index (χ2n) is 6.02. The number of carbonyl (C=O) groups excluding carboxylic acids is 2. The summed E-state index contributed by atoms with van der Waals surface area (Å²) >= 11 is 2.76. The average molecular weight is 357 g/mol. The molecular formula is C15H24N4O2S2. The lowest BCUT2D eigenvalue weighted by Crippen LogP contribution is -2.32. The van der Waals surface area contributed by atoms with Crippen molar-refractivity contribution in [2.24, 2.45) is 5.92 Å². The first kappa shape index (κ1) is 18.2. The molecule has 1 aromatic rings. The molecule has 0 spiro atoms. The molecule has 1 heterocycles. The van der Waals surface area contributed by atoms with E-state index in [1.54, 1.807) is 4.90 Å².